The van der Waals surface area contributed by atoms with Crippen molar-refractivity contribution >= 4 is 21.4 Å². The molecule has 0 saturated carbocycles. The summed E-state index contributed by atoms with van der Waals surface area (Å²) in [4.78, 5) is 1.49. The van der Waals surface area contributed by atoms with Crippen LogP contribution in [0.15, 0.2) is 24.3 Å². The largest absolute Gasteiger partial charge is 0.140 e. The van der Waals surface area contributed by atoms with Crippen LogP contribution < -0.4 is 0 Å². The molecule has 0 nitrogen and oxygen atoms in total. The van der Waals surface area contributed by atoms with Gasteiger partial charge in [0.25, 0.3) is 0 Å². The second-order valence-corrected chi connectivity index (χ2v) is 4.20. The lowest BCUT2D eigenvalue weighted by Gasteiger charge is -1.91. The van der Waals surface area contributed by atoms with Gasteiger partial charge < -0.3 is 0 Å². The molecule has 0 amide bonds. The monoisotopic (exact) mass is 176 g/mol. The van der Waals surface area contributed by atoms with Crippen LogP contribution in [0.1, 0.15) is 17.4 Å². The first-order valence-corrected chi connectivity index (χ1v) is 5.11. The molecule has 0 bridgehead atoms. The third-order valence-corrected chi connectivity index (χ3v) is 3.57. The standard InChI is InChI=1S/C11H12S/c1-3-10-7-9-6-4-5-8(2)11(9)12-10/h4-7H,3H2,1-2H3. The van der Waals surface area contributed by atoms with Crippen LogP contribution in [-0.4, -0.2) is 0 Å². The van der Waals surface area contributed by atoms with Gasteiger partial charge in [-0.25, -0.2) is 0 Å². The van der Waals surface area contributed by atoms with Crippen LogP contribution >= 0.6 is 11.3 Å². The Bertz CT molecular complexity index is 398. The van der Waals surface area contributed by atoms with E-state index in [1.54, 1.807) is 0 Å². The molecule has 0 fully saturated rings. The molecule has 0 spiro atoms. The van der Waals surface area contributed by atoms with Gasteiger partial charge in [-0.1, -0.05) is 25.1 Å². The summed E-state index contributed by atoms with van der Waals surface area (Å²) >= 11 is 1.92. The van der Waals surface area contributed by atoms with Crippen LogP contribution in [0.4, 0.5) is 0 Å². The molecule has 0 atom stereocenters. The van der Waals surface area contributed by atoms with Gasteiger partial charge in [-0.3, -0.25) is 0 Å². The van der Waals surface area contributed by atoms with E-state index in [1.165, 1.54) is 20.5 Å². The third kappa shape index (κ3) is 1.14. The molecule has 62 valence electrons. The van der Waals surface area contributed by atoms with Crippen molar-refractivity contribution in [3.63, 3.8) is 0 Å². The Hall–Kier alpha value is -0.820. The van der Waals surface area contributed by atoms with Gasteiger partial charge in [0.1, 0.15) is 0 Å². The smallest absolute Gasteiger partial charge is 0.0374 e. The van der Waals surface area contributed by atoms with Gasteiger partial charge in [-0.15, -0.1) is 11.3 Å². The van der Waals surface area contributed by atoms with Gasteiger partial charge in [-0.2, -0.15) is 0 Å². The summed E-state index contributed by atoms with van der Waals surface area (Å²) in [5.41, 5.74) is 1.40. The van der Waals surface area contributed by atoms with Gasteiger partial charge in [0.15, 0.2) is 0 Å². The highest BCUT2D eigenvalue weighted by molar-refractivity contribution is 7.19. The number of aryl methyl sites for hydroxylation is 2. The molecule has 0 aliphatic rings. The summed E-state index contributed by atoms with van der Waals surface area (Å²) in [6.45, 7) is 4.39. The summed E-state index contributed by atoms with van der Waals surface area (Å²) in [5.74, 6) is 0. The highest BCUT2D eigenvalue weighted by Crippen LogP contribution is 2.28. The molecule has 0 aliphatic heterocycles. The number of hydrogen-bond acceptors (Lipinski definition) is 1. The van der Waals surface area contributed by atoms with E-state index in [-0.39, 0.29) is 0 Å². The van der Waals surface area contributed by atoms with Crippen molar-refractivity contribution in [2.24, 2.45) is 0 Å². The van der Waals surface area contributed by atoms with Crippen molar-refractivity contribution in [2.75, 3.05) is 0 Å². The summed E-state index contributed by atoms with van der Waals surface area (Å²) in [5, 5.41) is 1.40. The van der Waals surface area contributed by atoms with Gasteiger partial charge in [0.05, 0.1) is 0 Å². The van der Waals surface area contributed by atoms with Crippen LogP contribution in [0.25, 0.3) is 10.1 Å². The van der Waals surface area contributed by atoms with Gasteiger partial charge in [0, 0.05) is 9.58 Å². The molecule has 12 heavy (non-hydrogen) atoms. The van der Waals surface area contributed by atoms with E-state index in [9.17, 15) is 0 Å². The van der Waals surface area contributed by atoms with Crippen molar-refractivity contribution in [2.45, 2.75) is 20.3 Å². The quantitative estimate of drug-likeness (QED) is 0.620. The van der Waals surface area contributed by atoms with Crippen molar-refractivity contribution in [1.29, 1.82) is 0 Å². The highest BCUT2D eigenvalue weighted by Gasteiger charge is 2.00. The zero-order valence-electron chi connectivity index (χ0n) is 7.42. The van der Waals surface area contributed by atoms with Crippen molar-refractivity contribution in [3.8, 4) is 0 Å². The first kappa shape index (κ1) is 7.81. The topological polar surface area (TPSA) is 0 Å². The molecule has 1 heteroatoms. The zero-order chi connectivity index (χ0) is 8.55. The molecule has 2 aromatic rings. The summed E-state index contributed by atoms with van der Waals surface area (Å²) in [7, 11) is 0. The Balaban J connectivity index is 2.74. The fourth-order valence-corrected chi connectivity index (χ4v) is 2.50. The van der Waals surface area contributed by atoms with Crippen LogP contribution in [0.5, 0.6) is 0 Å². The Kier molecular flexibility index (Phi) is 1.89. The van der Waals surface area contributed by atoms with E-state index in [0.29, 0.717) is 0 Å². The van der Waals surface area contributed by atoms with Crippen LogP contribution in [0, 0.1) is 6.92 Å². The lowest BCUT2D eigenvalue weighted by atomic mass is 10.2. The molecule has 1 aromatic carbocycles. The molecular formula is C11H12S. The summed E-state index contributed by atoms with van der Waals surface area (Å²) in [6, 6.07) is 8.80. The molecule has 0 radical (unpaired) electrons. The van der Waals surface area contributed by atoms with Crippen LogP contribution in [0.3, 0.4) is 0 Å². The Morgan fingerprint density at radius 2 is 2.17 bits per heavy atom. The molecule has 1 heterocycles. The SMILES string of the molecule is CCc1cc2cccc(C)c2s1. The normalized spacial score (nSPS) is 10.8. The van der Waals surface area contributed by atoms with E-state index in [2.05, 4.69) is 38.1 Å². The van der Waals surface area contributed by atoms with E-state index < -0.39 is 0 Å². The highest BCUT2D eigenvalue weighted by atomic mass is 32.1. The van der Waals surface area contributed by atoms with Crippen molar-refractivity contribution < 1.29 is 0 Å². The third-order valence-electron chi connectivity index (χ3n) is 2.14. The van der Waals surface area contributed by atoms with Crippen LogP contribution in [0.2, 0.25) is 0 Å². The van der Waals surface area contributed by atoms with Gasteiger partial charge in [0.2, 0.25) is 0 Å². The van der Waals surface area contributed by atoms with Gasteiger partial charge >= 0.3 is 0 Å². The predicted octanol–water partition coefficient (Wildman–Crippen LogP) is 3.77. The van der Waals surface area contributed by atoms with Crippen molar-refractivity contribution in [1.82, 2.24) is 0 Å². The molecule has 0 saturated heterocycles. The second-order valence-electron chi connectivity index (χ2n) is 3.06. The average molecular weight is 176 g/mol. The Morgan fingerprint density at radius 1 is 1.33 bits per heavy atom. The summed E-state index contributed by atoms with van der Waals surface area (Å²) in [6.07, 6.45) is 1.15. The maximum atomic E-state index is 2.30. The lowest BCUT2D eigenvalue weighted by molar-refractivity contribution is 1.19. The Morgan fingerprint density at radius 3 is 2.83 bits per heavy atom. The minimum absolute atomic E-state index is 1.15. The average Bonchev–Trinajstić information content (AvgIpc) is 2.49. The summed E-state index contributed by atoms with van der Waals surface area (Å²) < 4.78 is 1.45. The number of fused-ring (bicyclic) bond motifs is 1. The number of hydrogen-bond donors (Lipinski definition) is 0. The molecule has 0 unspecified atom stereocenters. The number of thiophene rings is 1. The minimum atomic E-state index is 1.15. The van der Waals surface area contributed by atoms with E-state index in [4.69, 9.17) is 0 Å². The first-order valence-electron chi connectivity index (χ1n) is 4.29. The molecular weight excluding hydrogens is 164 g/mol. The van der Waals surface area contributed by atoms with Crippen molar-refractivity contribution in [3.05, 3.63) is 34.7 Å². The second kappa shape index (κ2) is 2.91. The molecule has 0 aliphatic carbocycles. The number of benzene rings is 1. The minimum Gasteiger partial charge on any atom is -0.140 e. The first-order chi connectivity index (χ1) is 5.81. The predicted molar refractivity (Wildman–Crippen MR) is 55.9 cm³/mol. The molecule has 1 aromatic heterocycles. The van der Waals surface area contributed by atoms with E-state index in [1.807, 2.05) is 11.3 Å². The maximum absolute atomic E-state index is 2.30. The van der Waals surface area contributed by atoms with Gasteiger partial charge in [-0.05, 0) is 30.4 Å². The van der Waals surface area contributed by atoms with Crippen LogP contribution in [-0.2, 0) is 6.42 Å². The zero-order valence-corrected chi connectivity index (χ0v) is 8.24. The fourth-order valence-electron chi connectivity index (χ4n) is 1.44. The maximum Gasteiger partial charge on any atom is 0.0374 e. The van der Waals surface area contributed by atoms with E-state index >= 15 is 0 Å². The lowest BCUT2D eigenvalue weighted by Crippen LogP contribution is -1.68. The molecule has 0 N–H and O–H groups in total. The van der Waals surface area contributed by atoms with E-state index in [0.717, 1.165) is 6.42 Å². The number of rotatable bonds is 1. The Labute approximate surface area is 76.8 Å². The molecule has 2 rings (SSSR count). The fraction of sp³-hybridized carbons (Fsp3) is 0.273.